The number of benzene rings is 1. The predicted octanol–water partition coefficient (Wildman–Crippen LogP) is 3.22. The number of thioether (sulfide) groups is 1. The summed E-state index contributed by atoms with van der Waals surface area (Å²) in [6, 6.07) is 8.93. The summed E-state index contributed by atoms with van der Waals surface area (Å²) in [7, 11) is 2.35. The monoisotopic (exact) mass is 370 g/mol. The van der Waals surface area contributed by atoms with Crippen LogP contribution in [0.5, 0.6) is 0 Å². The van der Waals surface area contributed by atoms with E-state index in [0.29, 0.717) is 5.75 Å². The summed E-state index contributed by atoms with van der Waals surface area (Å²) < 4.78 is 21.8. The zero-order valence-electron chi connectivity index (χ0n) is 14.6. The summed E-state index contributed by atoms with van der Waals surface area (Å²) in [6.45, 7) is 0. The Balaban J connectivity index is 1.66. The standard InChI is InChI=1S/C17H26O5SSi/c1-19-24(20-2,21-3)12-6-11-23-13-17(18)22-16-10-9-14-7-4-5-8-15(14)16/h4-5,7-8,16H,6,9-13H2,1-3H3. The summed E-state index contributed by atoms with van der Waals surface area (Å²) >= 11 is 1.58. The Kier molecular flexibility index (Phi) is 7.77. The van der Waals surface area contributed by atoms with Gasteiger partial charge in [0.15, 0.2) is 0 Å². The maximum atomic E-state index is 12.0. The van der Waals surface area contributed by atoms with Crippen molar-refractivity contribution in [3.63, 3.8) is 0 Å². The van der Waals surface area contributed by atoms with Gasteiger partial charge in [-0.05, 0) is 36.1 Å². The van der Waals surface area contributed by atoms with Crippen molar-refractivity contribution in [3.05, 3.63) is 35.4 Å². The Morgan fingerprint density at radius 3 is 2.62 bits per heavy atom. The second-order valence-corrected chi connectivity index (χ2v) is 9.86. The van der Waals surface area contributed by atoms with Gasteiger partial charge in [-0.1, -0.05) is 24.3 Å². The number of ether oxygens (including phenoxy) is 1. The van der Waals surface area contributed by atoms with Crippen molar-refractivity contribution in [3.8, 4) is 0 Å². The maximum Gasteiger partial charge on any atom is 0.500 e. The van der Waals surface area contributed by atoms with E-state index in [4.69, 9.17) is 18.0 Å². The van der Waals surface area contributed by atoms with Gasteiger partial charge in [-0.25, -0.2) is 0 Å². The third-order valence-corrected chi connectivity index (χ3v) is 8.13. The van der Waals surface area contributed by atoms with E-state index in [0.717, 1.165) is 36.6 Å². The summed E-state index contributed by atoms with van der Waals surface area (Å²) in [5, 5.41) is 0. The number of fused-ring (bicyclic) bond motifs is 1. The SMILES string of the molecule is CO[Si](CCCSCC(=O)OC1CCc2ccccc21)(OC)OC. The first-order chi connectivity index (χ1) is 11.6. The van der Waals surface area contributed by atoms with Gasteiger partial charge in [-0.2, -0.15) is 11.8 Å². The van der Waals surface area contributed by atoms with Crippen LogP contribution in [0.2, 0.25) is 6.04 Å². The summed E-state index contributed by atoms with van der Waals surface area (Å²) in [4.78, 5) is 12.0. The van der Waals surface area contributed by atoms with Gasteiger partial charge in [-0.3, -0.25) is 4.79 Å². The summed E-state index contributed by atoms with van der Waals surface area (Å²) in [5.74, 6) is 1.08. The largest absolute Gasteiger partial charge is 0.500 e. The van der Waals surface area contributed by atoms with Crippen molar-refractivity contribution in [2.24, 2.45) is 0 Å². The van der Waals surface area contributed by atoms with E-state index in [9.17, 15) is 4.79 Å². The van der Waals surface area contributed by atoms with Crippen LogP contribution in [-0.4, -0.2) is 47.6 Å². The Labute approximate surface area is 149 Å². The topological polar surface area (TPSA) is 54.0 Å². The smallest absolute Gasteiger partial charge is 0.457 e. The minimum atomic E-state index is -2.49. The number of carbonyl (C=O) groups excluding carboxylic acids is 1. The van der Waals surface area contributed by atoms with E-state index >= 15 is 0 Å². The van der Waals surface area contributed by atoms with Crippen molar-refractivity contribution in [2.45, 2.75) is 31.4 Å². The lowest BCUT2D eigenvalue weighted by molar-refractivity contribution is -0.146. The molecule has 1 unspecified atom stereocenters. The minimum absolute atomic E-state index is 0.0789. The fourth-order valence-electron chi connectivity index (χ4n) is 2.94. The number of esters is 1. The molecular weight excluding hydrogens is 344 g/mol. The molecule has 1 aliphatic rings. The van der Waals surface area contributed by atoms with Gasteiger partial charge in [0.1, 0.15) is 6.10 Å². The van der Waals surface area contributed by atoms with Crippen LogP contribution in [0.4, 0.5) is 0 Å². The van der Waals surface area contributed by atoms with Gasteiger partial charge in [0.2, 0.25) is 0 Å². The van der Waals surface area contributed by atoms with Gasteiger partial charge < -0.3 is 18.0 Å². The molecule has 24 heavy (non-hydrogen) atoms. The quantitative estimate of drug-likeness (QED) is 0.358. The van der Waals surface area contributed by atoms with E-state index in [1.807, 2.05) is 12.1 Å². The molecule has 0 radical (unpaired) electrons. The first-order valence-electron chi connectivity index (χ1n) is 8.14. The van der Waals surface area contributed by atoms with E-state index in [1.165, 1.54) is 5.56 Å². The molecule has 2 rings (SSSR count). The Morgan fingerprint density at radius 1 is 1.21 bits per heavy atom. The molecule has 0 saturated heterocycles. The highest BCUT2D eigenvalue weighted by atomic mass is 32.2. The van der Waals surface area contributed by atoms with Gasteiger partial charge in [0.25, 0.3) is 0 Å². The third-order valence-electron chi connectivity index (χ3n) is 4.28. The van der Waals surface area contributed by atoms with E-state index in [-0.39, 0.29) is 12.1 Å². The second kappa shape index (κ2) is 9.58. The zero-order valence-corrected chi connectivity index (χ0v) is 16.4. The summed E-state index contributed by atoms with van der Waals surface area (Å²) in [6.07, 6.45) is 2.68. The molecular formula is C17H26O5SSi. The molecule has 0 bridgehead atoms. The van der Waals surface area contributed by atoms with Crippen LogP contribution in [0, 0.1) is 0 Å². The molecule has 1 atom stereocenters. The average Bonchev–Trinajstić information content (AvgIpc) is 3.02. The molecule has 0 saturated carbocycles. The normalized spacial score (nSPS) is 16.9. The fraction of sp³-hybridized carbons (Fsp3) is 0.588. The lowest BCUT2D eigenvalue weighted by atomic mass is 10.1. The van der Waals surface area contributed by atoms with Crippen LogP contribution >= 0.6 is 11.8 Å². The molecule has 0 fully saturated rings. The Hall–Kier alpha value is -0.863. The van der Waals surface area contributed by atoms with Gasteiger partial charge in [-0.15, -0.1) is 0 Å². The highest BCUT2D eigenvalue weighted by Gasteiger charge is 2.36. The van der Waals surface area contributed by atoms with Crippen LogP contribution in [0.15, 0.2) is 24.3 Å². The maximum absolute atomic E-state index is 12.0. The highest BCUT2D eigenvalue weighted by Crippen LogP contribution is 2.33. The average molecular weight is 371 g/mol. The molecule has 0 heterocycles. The molecule has 1 aromatic carbocycles. The van der Waals surface area contributed by atoms with Crippen molar-refractivity contribution >= 4 is 26.5 Å². The number of carbonyl (C=O) groups is 1. The molecule has 0 N–H and O–H groups in total. The van der Waals surface area contributed by atoms with Crippen molar-refractivity contribution in [1.29, 1.82) is 0 Å². The van der Waals surface area contributed by atoms with Crippen molar-refractivity contribution < 1.29 is 22.8 Å². The Bertz CT molecular complexity index is 527. The molecule has 0 aliphatic heterocycles. The first-order valence-corrected chi connectivity index (χ1v) is 11.2. The van der Waals surface area contributed by atoms with Crippen LogP contribution < -0.4 is 0 Å². The van der Waals surface area contributed by atoms with E-state index in [1.54, 1.807) is 33.1 Å². The zero-order chi connectivity index (χ0) is 17.4. The van der Waals surface area contributed by atoms with Crippen molar-refractivity contribution in [2.75, 3.05) is 32.8 Å². The highest BCUT2D eigenvalue weighted by molar-refractivity contribution is 7.99. The number of hydrogen-bond acceptors (Lipinski definition) is 6. The molecule has 7 heteroatoms. The molecule has 1 aromatic rings. The molecule has 0 amide bonds. The van der Waals surface area contributed by atoms with Gasteiger partial charge >= 0.3 is 14.8 Å². The van der Waals surface area contributed by atoms with Crippen LogP contribution in [0.25, 0.3) is 0 Å². The van der Waals surface area contributed by atoms with Crippen LogP contribution in [-0.2, 0) is 29.2 Å². The van der Waals surface area contributed by atoms with Crippen LogP contribution in [0.1, 0.15) is 30.1 Å². The van der Waals surface area contributed by atoms with Crippen molar-refractivity contribution in [1.82, 2.24) is 0 Å². The number of rotatable bonds is 10. The molecule has 0 aromatic heterocycles. The minimum Gasteiger partial charge on any atom is -0.457 e. The third kappa shape index (κ3) is 5.06. The van der Waals surface area contributed by atoms with E-state index in [2.05, 4.69) is 12.1 Å². The number of aryl methyl sites for hydroxylation is 1. The lowest BCUT2D eigenvalue weighted by Crippen LogP contribution is -2.42. The predicted molar refractivity (Wildman–Crippen MR) is 97.1 cm³/mol. The van der Waals surface area contributed by atoms with Crippen LogP contribution in [0.3, 0.4) is 0 Å². The van der Waals surface area contributed by atoms with E-state index < -0.39 is 8.80 Å². The second-order valence-electron chi connectivity index (χ2n) is 5.67. The molecule has 0 spiro atoms. The Morgan fingerprint density at radius 2 is 1.92 bits per heavy atom. The molecule has 134 valence electrons. The first kappa shape index (κ1) is 19.5. The molecule has 5 nitrogen and oxygen atoms in total. The lowest BCUT2D eigenvalue weighted by Gasteiger charge is -2.24. The fourth-order valence-corrected chi connectivity index (χ4v) is 5.64. The van der Waals surface area contributed by atoms with Gasteiger partial charge in [0, 0.05) is 27.4 Å². The summed E-state index contributed by atoms with van der Waals surface area (Å²) in [5.41, 5.74) is 2.45. The number of hydrogen-bond donors (Lipinski definition) is 0. The van der Waals surface area contributed by atoms with Gasteiger partial charge in [0.05, 0.1) is 5.75 Å². The molecule has 1 aliphatic carbocycles.